The summed E-state index contributed by atoms with van der Waals surface area (Å²) in [6.45, 7) is 2.53. The zero-order valence-electron chi connectivity index (χ0n) is 17.3. The van der Waals surface area contributed by atoms with Gasteiger partial charge in [0.05, 0.1) is 12.7 Å². The predicted molar refractivity (Wildman–Crippen MR) is 124 cm³/mol. The molecule has 0 radical (unpaired) electrons. The molecule has 158 valence electrons. The minimum absolute atomic E-state index is 0. The molecule has 1 fully saturated rings. The third kappa shape index (κ3) is 7.58. The Morgan fingerprint density at radius 2 is 1.82 bits per heavy atom. The highest BCUT2D eigenvalue weighted by atomic mass is 127. The first-order valence-electron chi connectivity index (χ1n) is 9.73. The summed E-state index contributed by atoms with van der Waals surface area (Å²) in [6.07, 6.45) is 7.08. The number of halogens is 1. The molecule has 0 heterocycles. The molecule has 1 aliphatic carbocycles. The second kappa shape index (κ2) is 13.0. The van der Waals surface area contributed by atoms with Crippen molar-refractivity contribution in [2.24, 2.45) is 10.4 Å². The van der Waals surface area contributed by atoms with Crippen molar-refractivity contribution in [2.45, 2.75) is 38.5 Å². The van der Waals surface area contributed by atoms with E-state index in [1.807, 2.05) is 12.1 Å². The fourth-order valence-electron chi connectivity index (χ4n) is 3.70. The summed E-state index contributed by atoms with van der Waals surface area (Å²) in [5, 5.41) is 6.88. The maximum absolute atomic E-state index is 11.5. The fraction of sp³-hybridized carbons (Fsp3) is 0.619. The maximum atomic E-state index is 11.5. The van der Waals surface area contributed by atoms with Crippen molar-refractivity contribution in [1.29, 1.82) is 0 Å². The van der Waals surface area contributed by atoms with Crippen molar-refractivity contribution in [1.82, 2.24) is 10.6 Å². The molecule has 0 aromatic heterocycles. The van der Waals surface area contributed by atoms with Gasteiger partial charge in [-0.05, 0) is 48.8 Å². The van der Waals surface area contributed by atoms with Gasteiger partial charge in [-0.3, -0.25) is 4.99 Å². The third-order valence-electron chi connectivity index (χ3n) is 5.44. The first-order valence-corrected chi connectivity index (χ1v) is 9.73. The van der Waals surface area contributed by atoms with Crippen LogP contribution in [0.25, 0.3) is 0 Å². The number of hydrogen-bond acceptors (Lipinski definition) is 4. The molecule has 0 amide bonds. The van der Waals surface area contributed by atoms with Crippen LogP contribution >= 0.6 is 24.0 Å². The molecule has 1 aromatic rings. The highest BCUT2D eigenvalue weighted by molar-refractivity contribution is 14.0. The summed E-state index contributed by atoms with van der Waals surface area (Å²) in [4.78, 5) is 15.8. The van der Waals surface area contributed by atoms with Crippen LogP contribution < -0.4 is 10.6 Å². The van der Waals surface area contributed by atoms with Gasteiger partial charge in [-0.2, -0.15) is 0 Å². The first-order chi connectivity index (χ1) is 13.1. The molecule has 6 nitrogen and oxygen atoms in total. The summed E-state index contributed by atoms with van der Waals surface area (Å²) < 4.78 is 10.0. The lowest BCUT2D eigenvalue weighted by atomic mass is 9.83. The number of nitrogens with one attached hydrogen (secondary N) is 2. The SMILES string of the molecule is CN=C(NCCc1ccc(C(=O)OC)cc1)NCC1(CCOC)CCCC1.I. The standard InChI is InChI=1S/C21H33N3O3.HI/c1-22-20(24-16-21(13-15-26-2)11-4-5-12-21)23-14-10-17-6-8-18(9-7-17)19(25)27-3;/h6-9H,4-5,10-16H2,1-3H3,(H2,22,23,24);1H. The van der Waals surface area contributed by atoms with Crippen LogP contribution in [0.15, 0.2) is 29.3 Å². The van der Waals surface area contributed by atoms with E-state index in [4.69, 9.17) is 9.47 Å². The number of aliphatic imine (C=N–C) groups is 1. The maximum Gasteiger partial charge on any atom is 0.337 e. The molecule has 1 saturated carbocycles. The van der Waals surface area contributed by atoms with Gasteiger partial charge in [-0.15, -0.1) is 24.0 Å². The van der Waals surface area contributed by atoms with Crippen LogP contribution in [0.4, 0.5) is 0 Å². The average molecular weight is 503 g/mol. The number of ether oxygens (including phenoxy) is 2. The number of guanidine groups is 1. The predicted octanol–water partition coefficient (Wildman–Crippen LogP) is 3.40. The number of esters is 1. The van der Waals surface area contributed by atoms with E-state index < -0.39 is 0 Å². The summed E-state index contributed by atoms with van der Waals surface area (Å²) in [5.41, 5.74) is 2.07. The van der Waals surface area contributed by atoms with Crippen LogP contribution in [-0.2, 0) is 15.9 Å². The Balaban J connectivity index is 0.00000392. The van der Waals surface area contributed by atoms with Crippen LogP contribution in [0, 0.1) is 5.41 Å². The molecule has 0 spiro atoms. The molecule has 7 heteroatoms. The Morgan fingerprint density at radius 3 is 2.39 bits per heavy atom. The Labute approximate surface area is 185 Å². The van der Waals surface area contributed by atoms with Crippen LogP contribution in [0.5, 0.6) is 0 Å². The first kappa shape index (κ1) is 24.7. The number of hydrogen-bond donors (Lipinski definition) is 2. The minimum Gasteiger partial charge on any atom is -0.465 e. The quantitative estimate of drug-likeness (QED) is 0.234. The Bertz CT molecular complexity index is 614. The molecule has 0 bridgehead atoms. The number of methoxy groups -OCH3 is 2. The lowest BCUT2D eigenvalue weighted by Gasteiger charge is -2.30. The minimum atomic E-state index is -0.307. The van der Waals surface area contributed by atoms with E-state index in [-0.39, 0.29) is 29.9 Å². The van der Waals surface area contributed by atoms with Crippen molar-refractivity contribution in [3.8, 4) is 0 Å². The largest absolute Gasteiger partial charge is 0.465 e. The van der Waals surface area contributed by atoms with E-state index in [0.717, 1.165) is 44.1 Å². The van der Waals surface area contributed by atoms with Gasteiger partial charge in [0.15, 0.2) is 5.96 Å². The molecule has 0 atom stereocenters. The molecule has 0 saturated heterocycles. The Morgan fingerprint density at radius 1 is 1.14 bits per heavy atom. The topological polar surface area (TPSA) is 72.0 Å². The number of carbonyl (C=O) groups is 1. The van der Waals surface area contributed by atoms with Gasteiger partial charge in [0.1, 0.15) is 0 Å². The van der Waals surface area contributed by atoms with Gasteiger partial charge in [-0.1, -0.05) is 25.0 Å². The molecule has 1 aliphatic rings. The fourth-order valence-corrected chi connectivity index (χ4v) is 3.70. The van der Waals surface area contributed by atoms with Crippen LogP contribution in [0.2, 0.25) is 0 Å². The monoisotopic (exact) mass is 503 g/mol. The Kier molecular flexibility index (Phi) is 11.4. The average Bonchev–Trinajstić information content (AvgIpc) is 3.18. The number of benzene rings is 1. The lowest BCUT2D eigenvalue weighted by Crippen LogP contribution is -2.43. The number of rotatable bonds is 9. The van der Waals surface area contributed by atoms with Gasteiger partial charge < -0.3 is 20.1 Å². The summed E-state index contributed by atoms with van der Waals surface area (Å²) in [5.74, 6) is 0.531. The molecule has 2 rings (SSSR count). The molecule has 1 aromatic carbocycles. The second-order valence-electron chi connectivity index (χ2n) is 7.24. The molecule has 28 heavy (non-hydrogen) atoms. The molecule has 2 N–H and O–H groups in total. The normalized spacial score (nSPS) is 15.6. The van der Waals surface area contributed by atoms with Crippen molar-refractivity contribution < 1.29 is 14.3 Å². The van der Waals surface area contributed by atoms with Crippen molar-refractivity contribution in [3.05, 3.63) is 35.4 Å². The second-order valence-corrected chi connectivity index (χ2v) is 7.24. The highest BCUT2D eigenvalue weighted by Gasteiger charge is 2.33. The van der Waals surface area contributed by atoms with E-state index in [1.165, 1.54) is 32.8 Å². The zero-order valence-corrected chi connectivity index (χ0v) is 19.6. The smallest absolute Gasteiger partial charge is 0.337 e. The van der Waals surface area contributed by atoms with Crippen LogP contribution in [0.3, 0.4) is 0 Å². The van der Waals surface area contributed by atoms with Gasteiger partial charge in [-0.25, -0.2) is 4.79 Å². The zero-order chi connectivity index (χ0) is 19.5. The van der Waals surface area contributed by atoms with Gasteiger partial charge >= 0.3 is 5.97 Å². The van der Waals surface area contributed by atoms with Crippen molar-refractivity contribution >= 4 is 35.9 Å². The molecular formula is C21H34IN3O3. The van der Waals surface area contributed by atoms with E-state index in [1.54, 1.807) is 26.3 Å². The van der Waals surface area contributed by atoms with Gasteiger partial charge in [0.25, 0.3) is 0 Å². The summed E-state index contributed by atoms with van der Waals surface area (Å²) in [7, 11) is 4.97. The highest BCUT2D eigenvalue weighted by Crippen LogP contribution is 2.40. The molecular weight excluding hydrogens is 469 g/mol. The molecule has 0 aliphatic heterocycles. The lowest BCUT2D eigenvalue weighted by molar-refractivity contribution is 0.0600. The van der Waals surface area contributed by atoms with E-state index >= 15 is 0 Å². The van der Waals surface area contributed by atoms with Gasteiger partial charge in [0, 0.05) is 33.9 Å². The van der Waals surface area contributed by atoms with Crippen molar-refractivity contribution in [2.75, 3.05) is 41.0 Å². The summed E-state index contributed by atoms with van der Waals surface area (Å²) >= 11 is 0. The number of nitrogens with zero attached hydrogens (tertiary/aromatic N) is 1. The Hall–Kier alpha value is -1.35. The van der Waals surface area contributed by atoms with Gasteiger partial charge in [0.2, 0.25) is 0 Å². The summed E-state index contributed by atoms with van der Waals surface area (Å²) in [6, 6.07) is 7.52. The van der Waals surface area contributed by atoms with Crippen LogP contribution in [-0.4, -0.2) is 52.9 Å². The van der Waals surface area contributed by atoms with Crippen LogP contribution in [0.1, 0.15) is 48.0 Å². The number of carbonyl (C=O) groups excluding carboxylic acids is 1. The molecule has 0 unspecified atom stereocenters. The van der Waals surface area contributed by atoms with E-state index in [2.05, 4.69) is 15.6 Å². The van der Waals surface area contributed by atoms with Crippen molar-refractivity contribution in [3.63, 3.8) is 0 Å². The van der Waals surface area contributed by atoms with E-state index in [0.29, 0.717) is 11.0 Å². The third-order valence-corrected chi connectivity index (χ3v) is 5.44. The van der Waals surface area contributed by atoms with E-state index in [9.17, 15) is 4.79 Å².